The molecule has 1 aliphatic rings. The highest BCUT2D eigenvalue weighted by atomic mass is 32.1. The molecule has 0 saturated carbocycles. The van der Waals surface area contributed by atoms with Crippen molar-refractivity contribution in [1.82, 2.24) is 10.2 Å². The Morgan fingerprint density at radius 3 is 1.97 bits per heavy atom. The maximum absolute atomic E-state index is 15.3. The molecule has 0 amide bonds. The van der Waals surface area contributed by atoms with Gasteiger partial charge in [-0.05, 0) is 39.6 Å². The predicted molar refractivity (Wildman–Crippen MR) is 139 cm³/mol. The molecule has 4 aromatic carbocycles. The van der Waals surface area contributed by atoms with Crippen LogP contribution < -0.4 is 15.2 Å². The first kappa shape index (κ1) is 18.9. The SMILES string of the molecule is O=P1(c2cccs2)c2ccccc2-c2c(c3ccnnc3c3ccccc23)-c2ccccc21. The van der Waals surface area contributed by atoms with Crippen LogP contribution in [0.15, 0.2) is 103 Å². The largest absolute Gasteiger partial charge is 0.308 e. The van der Waals surface area contributed by atoms with Gasteiger partial charge in [-0.15, -0.1) is 16.4 Å². The van der Waals surface area contributed by atoms with Gasteiger partial charge in [0.25, 0.3) is 0 Å². The van der Waals surface area contributed by atoms with E-state index in [4.69, 9.17) is 0 Å². The van der Waals surface area contributed by atoms with Crippen LogP contribution in [-0.2, 0) is 4.57 Å². The molecular weight excluding hydrogens is 443 g/mol. The lowest BCUT2D eigenvalue weighted by Gasteiger charge is -2.20. The Hall–Kier alpha value is -3.59. The Morgan fingerprint density at radius 2 is 1.27 bits per heavy atom. The first-order valence-electron chi connectivity index (χ1n) is 10.8. The Morgan fingerprint density at radius 1 is 0.636 bits per heavy atom. The van der Waals surface area contributed by atoms with E-state index in [0.717, 1.165) is 59.2 Å². The zero-order valence-corrected chi connectivity index (χ0v) is 19.2. The summed E-state index contributed by atoms with van der Waals surface area (Å²) < 4.78 is 16.2. The van der Waals surface area contributed by atoms with E-state index in [9.17, 15) is 0 Å². The van der Waals surface area contributed by atoms with E-state index in [1.165, 1.54) is 0 Å². The van der Waals surface area contributed by atoms with Crippen molar-refractivity contribution in [3.05, 3.63) is 103 Å². The number of hydrogen-bond acceptors (Lipinski definition) is 4. The predicted octanol–water partition coefficient (Wildman–Crippen LogP) is 6.13. The minimum Gasteiger partial charge on any atom is -0.308 e. The highest BCUT2D eigenvalue weighted by Gasteiger charge is 2.39. The van der Waals surface area contributed by atoms with Crippen LogP contribution in [0.5, 0.6) is 0 Å². The van der Waals surface area contributed by atoms with E-state index < -0.39 is 7.14 Å². The molecule has 0 spiro atoms. The van der Waals surface area contributed by atoms with Crippen LogP contribution in [-0.4, -0.2) is 10.2 Å². The summed E-state index contributed by atoms with van der Waals surface area (Å²) in [6, 6.07) is 30.8. The van der Waals surface area contributed by atoms with Gasteiger partial charge < -0.3 is 4.57 Å². The summed E-state index contributed by atoms with van der Waals surface area (Å²) in [7, 11) is -3.10. The van der Waals surface area contributed by atoms with E-state index in [1.54, 1.807) is 17.5 Å². The highest BCUT2D eigenvalue weighted by molar-refractivity contribution is 7.89. The van der Waals surface area contributed by atoms with Gasteiger partial charge in [0.1, 0.15) is 5.52 Å². The molecular formula is C28H17N2OPS. The Balaban J connectivity index is 1.81. The molecule has 156 valence electrons. The second-order valence-electron chi connectivity index (χ2n) is 8.18. The van der Waals surface area contributed by atoms with Crippen LogP contribution in [0, 0.1) is 0 Å². The van der Waals surface area contributed by atoms with Crippen molar-refractivity contribution in [2.45, 2.75) is 0 Å². The van der Waals surface area contributed by atoms with Crippen LogP contribution in [0.4, 0.5) is 0 Å². The van der Waals surface area contributed by atoms with Gasteiger partial charge in [-0.3, -0.25) is 0 Å². The number of benzene rings is 4. The van der Waals surface area contributed by atoms with Gasteiger partial charge in [0.2, 0.25) is 0 Å². The lowest BCUT2D eigenvalue weighted by Crippen LogP contribution is -2.24. The second kappa shape index (κ2) is 6.95. The third-order valence-corrected chi connectivity index (χ3v) is 11.2. The third-order valence-electron chi connectivity index (χ3n) is 6.53. The van der Waals surface area contributed by atoms with Crippen LogP contribution >= 0.6 is 18.5 Å². The van der Waals surface area contributed by atoms with Crippen molar-refractivity contribution >= 4 is 55.4 Å². The molecule has 0 fully saturated rings. The van der Waals surface area contributed by atoms with Crippen molar-refractivity contribution in [3.63, 3.8) is 0 Å². The summed E-state index contributed by atoms with van der Waals surface area (Å²) in [5, 5.41) is 15.7. The smallest absolute Gasteiger partial charge is 0.181 e. The van der Waals surface area contributed by atoms with Gasteiger partial charge in [-0.25, -0.2) is 0 Å². The Bertz CT molecular complexity index is 1650. The number of nitrogens with zero attached hydrogens (tertiary/aromatic N) is 2. The lowest BCUT2D eigenvalue weighted by molar-refractivity contribution is 0.593. The first-order valence-corrected chi connectivity index (χ1v) is 13.4. The number of thiophene rings is 1. The van der Waals surface area contributed by atoms with Gasteiger partial charge in [-0.2, -0.15) is 5.10 Å². The Kier molecular flexibility index (Phi) is 3.99. The zero-order chi connectivity index (χ0) is 22.0. The highest BCUT2D eigenvalue weighted by Crippen LogP contribution is 2.55. The van der Waals surface area contributed by atoms with Crippen molar-refractivity contribution in [3.8, 4) is 22.3 Å². The molecule has 1 unspecified atom stereocenters. The summed E-state index contributed by atoms with van der Waals surface area (Å²) in [5.74, 6) is 0. The van der Waals surface area contributed by atoms with Gasteiger partial charge in [0, 0.05) is 26.9 Å². The standard InChI is InChI=1S/C28H17N2OPS/c31-32(25-14-7-17-33-25)23-12-5-3-10-20(23)26-18-8-1-2-9-19(18)28-22(15-16-29-30-28)27(26)21-11-4-6-13-24(21)32/h1-17H. The number of fused-ring (bicyclic) bond motifs is 10. The molecule has 3 heterocycles. The van der Waals surface area contributed by atoms with Crippen molar-refractivity contribution < 1.29 is 4.57 Å². The van der Waals surface area contributed by atoms with E-state index in [-0.39, 0.29) is 0 Å². The quantitative estimate of drug-likeness (QED) is 0.219. The van der Waals surface area contributed by atoms with Crippen molar-refractivity contribution in [1.29, 1.82) is 0 Å². The van der Waals surface area contributed by atoms with Crippen LogP contribution in [0.2, 0.25) is 0 Å². The molecule has 1 atom stereocenters. The molecule has 1 aliphatic heterocycles. The molecule has 7 rings (SSSR count). The lowest BCUT2D eigenvalue weighted by atomic mass is 9.87. The van der Waals surface area contributed by atoms with Crippen LogP contribution in [0.1, 0.15) is 0 Å². The average Bonchev–Trinajstić information content (AvgIpc) is 3.40. The van der Waals surface area contributed by atoms with Gasteiger partial charge in [-0.1, -0.05) is 78.9 Å². The van der Waals surface area contributed by atoms with Gasteiger partial charge in [0.05, 0.1) is 10.8 Å². The molecule has 0 radical (unpaired) electrons. The summed E-state index contributed by atoms with van der Waals surface area (Å²) in [4.78, 5) is 0. The second-order valence-corrected chi connectivity index (χ2v) is 12.1. The topological polar surface area (TPSA) is 42.9 Å². The number of aromatic nitrogens is 2. The fourth-order valence-corrected chi connectivity index (χ4v) is 9.70. The number of hydrogen-bond donors (Lipinski definition) is 0. The molecule has 3 nitrogen and oxygen atoms in total. The fraction of sp³-hybridized carbons (Fsp3) is 0. The zero-order valence-electron chi connectivity index (χ0n) is 17.5. The maximum atomic E-state index is 15.3. The maximum Gasteiger partial charge on any atom is 0.181 e. The average molecular weight is 460 g/mol. The van der Waals surface area contributed by atoms with E-state index in [1.807, 2.05) is 66.0 Å². The summed E-state index contributed by atoms with van der Waals surface area (Å²) in [6.07, 6.45) is 1.75. The minimum atomic E-state index is -3.10. The summed E-state index contributed by atoms with van der Waals surface area (Å²) in [6.45, 7) is 0. The van der Waals surface area contributed by atoms with E-state index in [0.29, 0.717) is 0 Å². The Labute approximate surface area is 194 Å². The molecule has 2 aromatic heterocycles. The monoisotopic (exact) mass is 460 g/mol. The normalized spacial score (nSPS) is 16.7. The van der Waals surface area contributed by atoms with E-state index in [2.05, 4.69) is 40.5 Å². The molecule has 0 saturated heterocycles. The van der Waals surface area contributed by atoms with Crippen molar-refractivity contribution in [2.24, 2.45) is 0 Å². The molecule has 6 aromatic rings. The first-order chi connectivity index (χ1) is 16.3. The van der Waals surface area contributed by atoms with Crippen molar-refractivity contribution in [2.75, 3.05) is 0 Å². The van der Waals surface area contributed by atoms with Crippen LogP contribution in [0.3, 0.4) is 0 Å². The van der Waals surface area contributed by atoms with Crippen LogP contribution in [0.25, 0.3) is 43.9 Å². The molecule has 0 N–H and O–H groups in total. The molecule has 33 heavy (non-hydrogen) atoms. The third kappa shape index (κ3) is 2.48. The number of rotatable bonds is 1. The molecule has 5 heteroatoms. The molecule has 0 bridgehead atoms. The van der Waals surface area contributed by atoms with Gasteiger partial charge in [0.15, 0.2) is 7.14 Å². The fourth-order valence-electron chi connectivity index (χ4n) is 5.20. The minimum absolute atomic E-state index is 0.868. The summed E-state index contributed by atoms with van der Waals surface area (Å²) in [5.41, 5.74) is 5.09. The summed E-state index contributed by atoms with van der Waals surface area (Å²) >= 11 is 1.57. The van der Waals surface area contributed by atoms with E-state index >= 15 is 4.57 Å². The molecule has 0 aliphatic carbocycles. The van der Waals surface area contributed by atoms with Gasteiger partial charge >= 0.3 is 0 Å².